The van der Waals surface area contributed by atoms with E-state index in [1.807, 2.05) is 42.5 Å². The van der Waals surface area contributed by atoms with Crippen molar-refractivity contribution >= 4 is 22.4 Å². The van der Waals surface area contributed by atoms with Crippen molar-refractivity contribution in [3.8, 4) is 11.3 Å². The second kappa shape index (κ2) is 5.90. The molecule has 0 atom stereocenters. The average Bonchev–Trinajstić information content (AvgIpc) is 3.07. The van der Waals surface area contributed by atoms with Crippen molar-refractivity contribution in [2.24, 2.45) is 0 Å². The van der Waals surface area contributed by atoms with E-state index in [9.17, 15) is 9.59 Å². The lowest BCUT2D eigenvalue weighted by atomic mass is 10.0. The summed E-state index contributed by atoms with van der Waals surface area (Å²) < 4.78 is 6.10. The van der Waals surface area contributed by atoms with Gasteiger partial charge in [0, 0.05) is 17.8 Å². The molecule has 0 spiro atoms. The Morgan fingerprint density at radius 1 is 1.20 bits per heavy atom. The van der Waals surface area contributed by atoms with Crippen molar-refractivity contribution in [2.45, 2.75) is 6.92 Å². The van der Waals surface area contributed by atoms with E-state index in [4.69, 9.17) is 4.74 Å². The lowest BCUT2D eigenvalue weighted by Crippen LogP contribution is -2.24. The average molecular weight is 333 g/mol. The van der Waals surface area contributed by atoms with E-state index in [2.05, 4.69) is 10.1 Å². The molecule has 0 aliphatic carbocycles. The van der Waals surface area contributed by atoms with Crippen molar-refractivity contribution in [1.29, 1.82) is 0 Å². The molecule has 4 aromatic rings. The summed E-state index contributed by atoms with van der Waals surface area (Å²) in [5.41, 5.74) is 1.53. The molecule has 0 aliphatic heterocycles. The van der Waals surface area contributed by atoms with Crippen LogP contribution < -0.4 is 5.56 Å². The predicted molar refractivity (Wildman–Crippen MR) is 94.7 cm³/mol. The number of hydrogen-bond donors (Lipinski definition) is 1. The third kappa shape index (κ3) is 2.48. The molecule has 0 aliphatic rings. The number of hydrogen-bond acceptors (Lipinski definition) is 4. The summed E-state index contributed by atoms with van der Waals surface area (Å²) >= 11 is 0. The number of fused-ring (bicyclic) bond motifs is 2. The molecule has 0 radical (unpaired) electrons. The van der Waals surface area contributed by atoms with Crippen LogP contribution in [0.15, 0.2) is 59.5 Å². The smallest absolute Gasteiger partial charge is 0.345 e. The highest BCUT2D eigenvalue weighted by atomic mass is 16.5. The van der Waals surface area contributed by atoms with E-state index >= 15 is 0 Å². The third-order valence-electron chi connectivity index (χ3n) is 4.06. The van der Waals surface area contributed by atoms with Gasteiger partial charge in [0.15, 0.2) is 0 Å². The number of aromatic nitrogens is 3. The summed E-state index contributed by atoms with van der Waals surface area (Å²) in [5, 5.41) is 6.54. The molecule has 0 bridgehead atoms. The maximum absolute atomic E-state index is 12.5. The van der Waals surface area contributed by atoms with Crippen molar-refractivity contribution in [3.63, 3.8) is 0 Å². The fourth-order valence-corrected chi connectivity index (χ4v) is 2.90. The minimum Gasteiger partial charge on any atom is -0.462 e. The Bertz CT molecular complexity index is 1150. The molecule has 25 heavy (non-hydrogen) atoms. The van der Waals surface area contributed by atoms with E-state index in [0.29, 0.717) is 11.3 Å². The molecule has 1 N–H and O–H groups in total. The zero-order chi connectivity index (χ0) is 17.4. The molecule has 2 aromatic heterocycles. The van der Waals surface area contributed by atoms with Crippen LogP contribution in [0.1, 0.15) is 17.3 Å². The van der Waals surface area contributed by atoms with Crippen LogP contribution >= 0.6 is 0 Å². The Kier molecular flexibility index (Phi) is 3.57. The number of aromatic amines is 1. The van der Waals surface area contributed by atoms with E-state index in [1.165, 1.54) is 10.7 Å². The molecule has 6 nitrogen and oxygen atoms in total. The Morgan fingerprint density at radius 2 is 2.00 bits per heavy atom. The van der Waals surface area contributed by atoms with Gasteiger partial charge in [-0.1, -0.05) is 42.5 Å². The number of nitrogens with one attached hydrogen (secondary N) is 1. The summed E-state index contributed by atoms with van der Waals surface area (Å²) in [5.74, 6) is -0.659. The van der Waals surface area contributed by atoms with Crippen molar-refractivity contribution < 1.29 is 9.53 Å². The first-order valence-electron chi connectivity index (χ1n) is 7.96. The van der Waals surface area contributed by atoms with Gasteiger partial charge < -0.3 is 9.72 Å². The third-order valence-corrected chi connectivity index (χ3v) is 4.06. The number of nitrogens with zero attached hydrogens (tertiary/aromatic N) is 2. The first kappa shape index (κ1) is 15.1. The summed E-state index contributed by atoms with van der Waals surface area (Å²) in [6, 6.07) is 15.7. The molecule has 4 rings (SSSR count). The SMILES string of the molecule is CCOC(=O)c1c[nH]c2cc(-c3cccc4ccccc34)nn2c1=O. The van der Waals surface area contributed by atoms with Gasteiger partial charge in [-0.3, -0.25) is 4.79 Å². The molecule has 2 aromatic carbocycles. The summed E-state index contributed by atoms with van der Waals surface area (Å²) in [4.78, 5) is 27.3. The molecule has 0 amide bonds. The minimum atomic E-state index is -0.659. The van der Waals surface area contributed by atoms with Crippen LogP contribution in [-0.4, -0.2) is 27.2 Å². The Labute approximate surface area is 142 Å². The van der Waals surface area contributed by atoms with E-state index in [-0.39, 0.29) is 12.2 Å². The molecule has 0 fully saturated rings. The zero-order valence-electron chi connectivity index (χ0n) is 13.5. The summed E-state index contributed by atoms with van der Waals surface area (Å²) in [7, 11) is 0. The number of esters is 1. The second-order valence-electron chi connectivity index (χ2n) is 5.58. The fraction of sp³-hybridized carbons (Fsp3) is 0.105. The van der Waals surface area contributed by atoms with Gasteiger partial charge in [-0.05, 0) is 17.7 Å². The van der Waals surface area contributed by atoms with Crippen molar-refractivity contribution in [2.75, 3.05) is 6.61 Å². The largest absolute Gasteiger partial charge is 0.462 e. The predicted octanol–water partition coefficient (Wildman–Crippen LogP) is 3.02. The van der Waals surface area contributed by atoms with Gasteiger partial charge in [0.1, 0.15) is 11.2 Å². The molecule has 0 unspecified atom stereocenters. The van der Waals surface area contributed by atoms with Crippen molar-refractivity contribution in [1.82, 2.24) is 14.6 Å². The molecule has 2 heterocycles. The van der Waals surface area contributed by atoms with Gasteiger partial charge in [-0.25, -0.2) is 4.79 Å². The number of carbonyl (C=O) groups is 1. The highest BCUT2D eigenvalue weighted by molar-refractivity contribution is 5.96. The maximum Gasteiger partial charge on any atom is 0.345 e. The fourth-order valence-electron chi connectivity index (χ4n) is 2.90. The summed E-state index contributed by atoms with van der Waals surface area (Å²) in [6.45, 7) is 1.90. The van der Waals surface area contributed by atoms with Crippen LogP contribution in [0.4, 0.5) is 0 Å². The van der Waals surface area contributed by atoms with E-state index in [0.717, 1.165) is 16.3 Å². The molecule has 6 heteroatoms. The van der Waals surface area contributed by atoms with Crippen LogP contribution in [0.25, 0.3) is 27.7 Å². The number of benzene rings is 2. The number of carbonyl (C=O) groups excluding carboxylic acids is 1. The highest BCUT2D eigenvalue weighted by Crippen LogP contribution is 2.27. The van der Waals surface area contributed by atoms with E-state index in [1.54, 1.807) is 13.0 Å². The van der Waals surface area contributed by atoms with E-state index < -0.39 is 11.5 Å². The standard InChI is InChI=1S/C19H15N3O3/c1-2-25-19(24)15-11-20-17-10-16(21-22(17)18(15)23)14-9-5-7-12-6-3-4-8-13(12)14/h3-11,20H,2H2,1H3. The normalized spacial score (nSPS) is 11.1. The van der Waals surface area contributed by atoms with Crippen LogP contribution in [-0.2, 0) is 4.74 Å². The Morgan fingerprint density at radius 3 is 2.84 bits per heavy atom. The van der Waals surface area contributed by atoms with Crippen LogP contribution in [0, 0.1) is 0 Å². The number of rotatable bonds is 3. The topological polar surface area (TPSA) is 76.5 Å². The molecular formula is C19H15N3O3. The molecule has 0 saturated carbocycles. The number of ether oxygens (including phenoxy) is 1. The maximum atomic E-state index is 12.5. The highest BCUT2D eigenvalue weighted by Gasteiger charge is 2.16. The lowest BCUT2D eigenvalue weighted by Gasteiger charge is -2.03. The van der Waals surface area contributed by atoms with Crippen LogP contribution in [0.5, 0.6) is 0 Å². The van der Waals surface area contributed by atoms with Gasteiger partial charge in [-0.15, -0.1) is 0 Å². The zero-order valence-corrected chi connectivity index (χ0v) is 13.5. The minimum absolute atomic E-state index is 0.0677. The van der Waals surface area contributed by atoms with Gasteiger partial charge in [-0.2, -0.15) is 9.61 Å². The van der Waals surface area contributed by atoms with Crippen LogP contribution in [0.2, 0.25) is 0 Å². The second-order valence-corrected chi connectivity index (χ2v) is 5.58. The first-order valence-corrected chi connectivity index (χ1v) is 7.96. The lowest BCUT2D eigenvalue weighted by molar-refractivity contribution is 0.0523. The molecule has 0 saturated heterocycles. The van der Waals surface area contributed by atoms with Crippen molar-refractivity contribution in [3.05, 3.63) is 70.6 Å². The van der Waals surface area contributed by atoms with Crippen LogP contribution in [0.3, 0.4) is 0 Å². The van der Waals surface area contributed by atoms with Gasteiger partial charge >= 0.3 is 5.97 Å². The molecule has 124 valence electrons. The summed E-state index contributed by atoms with van der Waals surface area (Å²) in [6.07, 6.45) is 1.37. The Hall–Kier alpha value is -3.41. The number of H-pyrrole nitrogens is 1. The quantitative estimate of drug-likeness (QED) is 0.585. The first-order chi connectivity index (χ1) is 12.2. The van der Waals surface area contributed by atoms with Gasteiger partial charge in [0.2, 0.25) is 0 Å². The van der Waals surface area contributed by atoms with Gasteiger partial charge in [0.25, 0.3) is 5.56 Å². The Balaban J connectivity index is 1.91. The molecular weight excluding hydrogens is 318 g/mol. The monoisotopic (exact) mass is 333 g/mol. The van der Waals surface area contributed by atoms with Gasteiger partial charge in [0.05, 0.1) is 12.3 Å².